The first-order chi connectivity index (χ1) is 10.0. The molecule has 1 fully saturated rings. The summed E-state index contributed by atoms with van der Waals surface area (Å²) in [6, 6.07) is 6.23. The number of rotatable bonds is 6. The number of hydrogen-bond acceptors (Lipinski definition) is 5. The van der Waals surface area contributed by atoms with E-state index in [2.05, 4.69) is 0 Å². The lowest BCUT2D eigenvalue weighted by Crippen LogP contribution is -2.25. The molecule has 0 spiro atoms. The van der Waals surface area contributed by atoms with Crippen molar-refractivity contribution in [2.24, 2.45) is 11.7 Å². The molecule has 1 aromatic rings. The highest BCUT2D eigenvalue weighted by molar-refractivity contribution is 7.91. The number of benzene rings is 1. The topological polar surface area (TPSA) is 86.5 Å². The summed E-state index contributed by atoms with van der Waals surface area (Å²) in [7, 11) is -3.39. The van der Waals surface area contributed by atoms with Gasteiger partial charge in [0.15, 0.2) is 15.6 Å². The summed E-state index contributed by atoms with van der Waals surface area (Å²) in [5, 5.41) is 0. The van der Waals surface area contributed by atoms with Crippen molar-refractivity contribution >= 4 is 15.6 Å². The van der Waals surface area contributed by atoms with E-state index in [0.29, 0.717) is 18.8 Å². The van der Waals surface area contributed by atoms with Crippen molar-refractivity contribution in [1.29, 1.82) is 0 Å². The van der Waals surface area contributed by atoms with Crippen LogP contribution in [0.15, 0.2) is 29.2 Å². The summed E-state index contributed by atoms with van der Waals surface area (Å²) in [6.07, 6.45) is 1.99. The largest absolute Gasteiger partial charge is 0.381 e. The van der Waals surface area contributed by atoms with E-state index in [9.17, 15) is 13.2 Å². The molecule has 0 saturated carbocycles. The molecule has 1 saturated heterocycles. The third-order valence-corrected chi connectivity index (χ3v) is 5.48. The normalized spacial score (nSPS) is 19.4. The number of carbonyl (C=O) groups is 1. The molecule has 1 aliphatic heterocycles. The molecule has 1 unspecified atom stereocenters. The third-order valence-electron chi connectivity index (χ3n) is 3.60. The molecule has 0 amide bonds. The second-order valence-electron chi connectivity index (χ2n) is 5.35. The molecule has 6 heteroatoms. The van der Waals surface area contributed by atoms with Crippen molar-refractivity contribution in [2.45, 2.75) is 24.2 Å². The first-order valence-corrected chi connectivity index (χ1v) is 8.82. The van der Waals surface area contributed by atoms with Crippen LogP contribution in [0.25, 0.3) is 0 Å². The van der Waals surface area contributed by atoms with Crippen LogP contribution in [-0.2, 0) is 14.6 Å². The summed E-state index contributed by atoms with van der Waals surface area (Å²) >= 11 is 0. The van der Waals surface area contributed by atoms with Gasteiger partial charge in [0.25, 0.3) is 0 Å². The molecule has 1 atom stereocenters. The fraction of sp³-hybridized carbons (Fsp3) is 0.533. The van der Waals surface area contributed by atoms with Crippen molar-refractivity contribution in [3.8, 4) is 0 Å². The zero-order valence-corrected chi connectivity index (χ0v) is 12.8. The van der Waals surface area contributed by atoms with Gasteiger partial charge in [0.1, 0.15) is 0 Å². The summed E-state index contributed by atoms with van der Waals surface area (Å²) < 4.78 is 30.2. The smallest absolute Gasteiger partial charge is 0.178 e. The van der Waals surface area contributed by atoms with Crippen LogP contribution in [0.5, 0.6) is 0 Å². The van der Waals surface area contributed by atoms with Gasteiger partial charge in [-0.1, -0.05) is 12.1 Å². The molecular formula is C15H21NO4S. The van der Waals surface area contributed by atoms with E-state index < -0.39 is 9.84 Å². The van der Waals surface area contributed by atoms with Gasteiger partial charge in [-0.3, -0.25) is 4.79 Å². The Balaban J connectivity index is 2.15. The minimum atomic E-state index is -3.39. The van der Waals surface area contributed by atoms with Crippen molar-refractivity contribution in [1.82, 2.24) is 0 Å². The van der Waals surface area contributed by atoms with E-state index in [4.69, 9.17) is 10.5 Å². The van der Waals surface area contributed by atoms with Crippen LogP contribution in [-0.4, -0.2) is 39.7 Å². The van der Waals surface area contributed by atoms with E-state index >= 15 is 0 Å². The van der Waals surface area contributed by atoms with Gasteiger partial charge in [-0.05, 0) is 37.4 Å². The molecule has 0 bridgehead atoms. The lowest BCUT2D eigenvalue weighted by molar-refractivity contribution is 0.0626. The van der Waals surface area contributed by atoms with Gasteiger partial charge >= 0.3 is 0 Å². The van der Waals surface area contributed by atoms with Crippen molar-refractivity contribution in [2.75, 3.05) is 25.5 Å². The second kappa shape index (κ2) is 7.15. The average molecular weight is 311 g/mol. The third kappa shape index (κ3) is 4.36. The van der Waals surface area contributed by atoms with E-state index in [1.54, 1.807) is 12.1 Å². The Bertz CT molecular complexity index is 591. The predicted octanol–water partition coefficient (Wildman–Crippen LogP) is 1.42. The molecule has 0 aliphatic carbocycles. The lowest BCUT2D eigenvalue weighted by Gasteiger charge is -2.21. The molecule has 5 nitrogen and oxygen atoms in total. The maximum absolute atomic E-state index is 12.4. The number of ether oxygens (including phenoxy) is 1. The highest BCUT2D eigenvalue weighted by Crippen LogP contribution is 2.21. The Morgan fingerprint density at radius 3 is 2.86 bits per heavy atom. The quantitative estimate of drug-likeness (QED) is 0.803. The van der Waals surface area contributed by atoms with E-state index in [-0.39, 0.29) is 35.3 Å². The summed E-state index contributed by atoms with van der Waals surface area (Å²) in [4.78, 5) is 12.0. The minimum Gasteiger partial charge on any atom is -0.381 e. The van der Waals surface area contributed by atoms with Crippen LogP contribution in [0.4, 0.5) is 0 Å². The maximum atomic E-state index is 12.4. The van der Waals surface area contributed by atoms with Crippen LogP contribution >= 0.6 is 0 Å². The number of nitrogens with two attached hydrogens (primary N) is 1. The zero-order chi connectivity index (χ0) is 15.3. The molecule has 1 aromatic carbocycles. The van der Waals surface area contributed by atoms with Gasteiger partial charge in [0.05, 0.1) is 17.3 Å². The van der Waals surface area contributed by atoms with Crippen LogP contribution in [0.3, 0.4) is 0 Å². The second-order valence-corrected chi connectivity index (χ2v) is 7.39. The molecular weight excluding hydrogens is 290 g/mol. The monoisotopic (exact) mass is 311 g/mol. The van der Waals surface area contributed by atoms with Crippen LogP contribution in [0.2, 0.25) is 0 Å². The molecule has 2 N–H and O–H groups in total. The molecule has 0 radical (unpaired) electrons. The molecule has 116 valence electrons. The zero-order valence-electron chi connectivity index (χ0n) is 12.0. The van der Waals surface area contributed by atoms with Gasteiger partial charge in [-0.25, -0.2) is 8.42 Å². The lowest BCUT2D eigenvalue weighted by atomic mass is 10.1. The van der Waals surface area contributed by atoms with Gasteiger partial charge in [0.2, 0.25) is 0 Å². The number of hydrogen-bond donors (Lipinski definition) is 1. The van der Waals surface area contributed by atoms with Crippen molar-refractivity contribution < 1.29 is 17.9 Å². The van der Waals surface area contributed by atoms with Gasteiger partial charge in [0, 0.05) is 18.6 Å². The fourth-order valence-electron chi connectivity index (χ4n) is 2.48. The molecule has 2 rings (SSSR count). The minimum absolute atomic E-state index is 0.0344. The highest BCUT2D eigenvalue weighted by Gasteiger charge is 2.24. The van der Waals surface area contributed by atoms with Crippen molar-refractivity contribution in [3.63, 3.8) is 0 Å². The number of sulfone groups is 1. The summed E-state index contributed by atoms with van der Waals surface area (Å²) in [5.74, 6) is -0.0238. The molecule has 1 aliphatic rings. The number of Topliss-reactive ketones (excluding diaryl/α,β-unsaturated/α-hetero) is 1. The van der Waals surface area contributed by atoms with Gasteiger partial charge < -0.3 is 10.5 Å². The average Bonchev–Trinajstić information content (AvgIpc) is 2.48. The summed E-state index contributed by atoms with van der Waals surface area (Å²) in [5.41, 5.74) is 5.77. The highest BCUT2D eigenvalue weighted by atomic mass is 32.2. The van der Waals surface area contributed by atoms with E-state index in [1.807, 2.05) is 0 Å². The molecule has 1 heterocycles. The van der Waals surface area contributed by atoms with Gasteiger partial charge in [-0.15, -0.1) is 0 Å². The number of carbonyl (C=O) groups excluding carboxylic acids is 1. The Hall–Kier alpha value is -1.24. The number of ketones is 1. The van der Waals surface area contributed by atoms with E-state index in [0.717, 1.165) is 12.8 Å². The standard InChI is InChI=1S/C15H21NO4S/c16-7-6-15(17)13-4-1-5-14(9-13)21(18,19)11-12-3-2-8-20-10-12/h1,4-5,9,12H,2-3,6-8,10-11,16H2. The molecule has 21 heavy (non-hydrogen) atoms. The Kier molecular flexibility index (Phi) is 5.50. The first kappa shape index (κ1) is 16.1. The first-order valence-electron chi connectivity index (χ1n) is 7.17. The SMILES string of the molecule is NCCC(=O)c1cccc(S(=O)(=O)CC2CCCOC2)c1. The van der Waals surface area contributed by atoms with Crippen molar-refractivity contribution in [3.05, 3.63) is 29.8 Å². The Labute approximate surface area is 125 Å². The predicted molar refractivity (Wildman–Crippen MR) is 80.0 cm³/mol. The maximum Gasteiger partial charge on any atom is 0.178 e. The Morgan fingerprint density at radius 2 is 2.19 bits per heavy atom. The Morgan fingerprint density at radius 1 is 1.38 bits per heavy atom. The van der Waals surface area contributed by atoms with Crippen LogP contribution in [0, 0.1) is 5.92 Å². The van der Waals surface area contributed by atoms with Crippen LogP contribution < -0.4 is 5.73 Å². The van der Waals surface area contributed by atoms with Crippen LogP contribution in [0.1, 0.15) is 29.6 Å². The molecule has 0 aromatic heterocycles. The fourth-order valence-corrected chi connectivity index (χ4v) is 4.15. The van der Waals surface area contributed by atoms with E-state index in [1.165, 1.54) is 12.1 Å². The summed E-state index contributed by atoms with van der Waals surface area (Å²) in [6.45, 7) is 1.46. The van der Waals surface area contributed by atoms with Gasteiger partial charge in [-0.2, -0.15) is 0 Å².